The highest BCUT2D eigenvalue weighted by atomic mass is 16.4. The number of rotatable bonds is 2. The molecule has 0 aliphatic carbocycles. The second kappa shape index (κ2) is 4.96. The van der Waals surface area contributed by atoms with Gasteiger partial charge in [0, 0.05) is 11.1 Å². The summed E-state index contributed by atoms with van der Waals surface area (Å²) >= 11 is 0. The minimum absolute atomic E-state index is 0.207. The molecule has 0 fully saturated rings. The van der Waals surface area contributed by atoms with Gasteiger partial charge < -0.3 is 9.40 Å². The lowest BCUT2D eigenvalue weighted by Crippen LogP contribution is -2.09. The zero-order chi connectivity index (χ0) is 14.9. The Hall–Kier alpha value is -3.21. The molecule has 4 aromatic rings. The van der Waals surface area contributed by atoms with Crippen LogP contribution in [0.25, 0.3) is 34.1 Å². The number of H-pyrrole nitrogens is 1. The van der Waals surface area contributed by atoms with E-state index in [2.05, 4.69) is 15.0 Å². The molecule has 0 saturated carbocycles. The van der Waals surface area contributed by atoms with Gasteiger partial charge in [-0.1, -0.05) is 48.5 Å². The third-order valence-electron chi connectivity index (χ3n) is 3.34. The van der Waals surface area contributed by atoms with Gasteiger partial charge in [-0.2, -0.15) is 4.98 Å². The average Bonchev–Trinajstić information content (AvgIpc) is 3.01. The normalized spacial score (nSPS) is 10.9. The molecule has 2 heterocycles. The van der Waals surface area contributed by atoms with Crippen LogP contribution in [0.4, 0.5) is 0 Å². The van der Waals surface area contributed by atoms with Crippen LogP contribution in [0.1, 0.15) is 0 Å². The van der Waals surface area contributed by atoms with Crippen LogP contribution >= 0.6 is 0 Å². The van der Waals surface area contributed by atoms with Gasteiger partial charge >= 0.3 is 0 Å². The standard InChI is InChI=1S/C17H11N3O2/c21-15-13-17(20-14(19-15)11-7-3-1-4-8-11)22-16(18-13)12-9-5-2-6-10-12/h1-10H,(H,19,20,21). The first-order valence-electron chi connectivity index (χ1n) is 6.83. The first kappa shape index (κ1) is 12.5. The SMILES string of the molecule is O=c1[nH]c(-c2ccccc2)nc2oc(-c3ccccc3)nc12. The van der Waals surface area contributed by atoms with Crippen molar-refractivity contribution in [1.29, 1.82) is 0 Å². The molecular formula is C17H11N3O2. The third-order valence-corrected chi connectivity index (χ3v) is 3.34. The molecule has 0 bridgehead atoms. The highest BCUT2D eigenvalue weighted by molar-refractivity contribution is 5.73. The molecule has 2 aromatic heterocycles. The molecule has 1 N–H and O–H groups in total. The van der Waals surface area contributed by atoms with Gasteiger partial charge in [0.05, 0.1) is 0 Å². The number of hydrogen-bond donors (Lipinski definition) is 1. The fourth-order valence-electron chi connectivity index (χ4n) is 2.27. The molecule has 106 valence electrons. The molecule has 22 heavy (non-hydrogen) atoms. The minimum atomic E-state index is -0.310. The average molecular weight is 289 g/mol. The molecule has 0 radical (unpaired) electrons. The molecule has 0 saturated heterocycles. The third kappa shape index (κ3) is 2.09. The summed E-state index contributed by atoms with van der Waals surface area (Å²) in [4.78, 5) is 23.6. The van der Waals surface area contributed by atoms with Crippen LogP contribution in [0.3, 0.4) is 0 Å². The number of benzene rings is 2. The summed E-state index contributed by atoms with van der Waals surface area (Å²) < 4.78 is 5.65. The largest absolute Gasteiger partial charge is 0.417 e. The van der Waals surface area contributed by atoms with Crippen molar-refractivity contribution >= 4 is 11.2 Å². The molecule has 5 nitrogen and oxygen atoms in total. The summed E-state index contributed by atoms with van der Waals surface area (Å²) in [6.07, 6.45) is 0. The van der Waals surface area contributed by atoms with Crippen molar-refractivity contribution in [3.05, 3.63) is 71.0 Å². The van der Waals surface area contributed by atoms with E-state index >= 15 is 0 Å². The molecular weight excluding hydrogens is 278 g/mol. The van der Waals surface area contributed by atoms with Crippen molar-refractivity contribution in [3.63, 3.8) is 0 Å². The predicted octanol–water partition coefficient (Wildman–Crippen LogP) is 3.25. The van der Waals surface area contributed by atoms with E-state index in [1.165, 1.54) is 0 Å². The van der Waals surface area contributed by atoms with Crippen LogP contribution in [-0.4, -0.2) is 15.0 Å². The fraction of sp³-hybridized carbons (Fsp3) is 0. The van der Waals surface area contributed by atoms with Crippen LogP contribution in [0.2, 0.25) is 0 Å². The van der Waals surface area contributed by atoms with E-state index in [0.29, 0.717) is 11.7 Å². The van der Waals surface area contributed by atoms with E-state index in [9.17, 15) is 4.79 Å². The summed E-state index contributed by atoms with van der Waals surface area (Å²) in [7, 11) is 0. The van der Waals surface area contributed by atoms with Gasteiger partial charge in [-0.25, -0.2) is 4.98 Å². The van der Waals surface area contributed by atoms with Crippen molar-refractivity contribution in [2.45, 2.75) is 0 Å². The number of nitrogens with zero attached hydrogens (tertiary/aromatic N) is 2. The van der Waals surface area contributed by atoms with E-state index in [-0.39, 0.29) is 16.8 Å². The number of fused-ring (bicyclic) bond motifs is 1. The van der Waals surface area contributed by atoms with Crippen molar-refractivity contribution in [1.82, 2.24) is 15.0 Å². The Morgan fingerprint density at radius 2 is 1.45 bits per heavy atom. The molecule has 0 atom stereocenters. The zero-order valence-corrected chi connectivity index (χ0v) is 11.5. The number of aromatic nitrogens is 3. The maximum Gasteiger partial charge on any atom is 0.281 e. The highest BCUT2D eigenvalue weighted by Gasteiger charge is 2.14. The Labute approximate surface area is 125 Å². The summed E-state index contributed by atoms with van der Waals surface area (Å²) in [5.74, 6) is 0.854. The zero-order valence-electron chi connectivity index (χ0n) is 11.5. The quantitative estimate of drug-likeness (QED) is 0.615. The van der Waals surface area contributed by atoms with E-state index in [1.807, 2.05) is 60.7 Å². The molecule has 0 aliphatic rings. The summed E-state index contributed by atoms with van der Waals surface area (Å²) in [6.45, 7) is 0. The predicted molar refractivity (Wildman–Crippen MR) is 83.3 cm³/mol. The molecule has 2 aromatic carbocycles. The molecule has 4 rings (SSSR count). The van der Waals surface area contributed by atoms with Crippen molar-refractivity contribution in [2.24, 2.45) is 0 Å². The molecule has 5 heteroatoms. The fourth-order valence-corrected chi connectivity index (χ4v) is 2.27. The number of hydrogen-bond acceptors (Lipinski definition) is 4. The van der Waals surface area contributed by atoms with Crippen LogP contribution < -0.4 is 5.56 Å². The lowest BCUT2D eigenvalue weighted by molar-refractivity contribution is 0.607. The van der Waals surface area contributed by atoms with E-state index in [4.69, 9.17) is 4.42 Å². The Bertz CT molecular complexity index is 989. The van der Waals surface area contributed by atoms with Crippen molar-refractivity contribution in [2.75, 3.05) is 0 Å². The summed E-state index contributed by atoms with van der Waals surface area (Å²) in [5, 5.41) is 0. The number of aromatic amines is 1. The van der Waals surface area contributed by atoms with Crippen LogP contribution in [0.15, 0.2) is 69.9 Å². The van der Waals surface area contributed by atoms with Gasteiger partial charge in [-0.15, -0.1) is 0 Å². The van der Waals surface area contributed by atoms with Gasteiger partial charge in [0.25, 0.3) is 11.3 Å². The Morgan fingerprint density at radius 3 is 2.14 bits per heavy atom. The number of nitrogens with one attached hydrogen (secondary N) is 1. The monoisotopic (exact) mass is 289 g/mol. The molecule has 0 spiro atoms. The van der Waals surface area contributed by atoms with Crippen LogP contribution in [0, 0.1) is 0 Å². The van der Waals surface area contributed by atoms with Gasteiger partial charge in [0.2, 0.25) is 5.89 Å². The van der Waals surface area contributed by atoms with Crippen molar-refractivity contribution < 1.29 is 4.42 Å². The first-order chi connectivity index (χ1) is 10.8. The van der Waals surface area contributed by atoms with Gasteiger partial charge in [0.1, 0.15) is 5.82 Å². The minimum Gasteiger partial charge on any atom is -0.417 e. The summed E-state index contributed by atoms with van der Waals surface area (Å²) in [6, 6.07) is 18.8. The van der Waals surface area contributed by atoms with Gasteiger partial charge in [-0.3, -0.25) is 4.79 Å². The molecule has 0 amide bonds. The van der Waals surface area contributed by atoms with Gasteiger partial charge in [-0.05, 0) is 12.1 Å². The first-order valence-corrected chi connectivity index (χ1v) is 6.83. The second-order valence-corrected chi connectivity index (χ2v) is 4.82. The Kier molecular flexibility index (Phi) is 2.83. The number of oxazole rings is 1. The lowest BCUT2D eigenvalue weighted by Gasteiger charge is -1.98. The Morgan fingerprint density at radius 1 is 0.818 bits per heavy atom. The Balaban J connectivity index is 1.91. The van der Waals surface area contributed by atoms with Crippen molar-refractivity contribution in [3.8, 4) is 22.8 Å². The van der Waals surface area contributed by atoms with Crippen LogP contribution in [0.5, 0.6) is 0 Å². The second-order valence-electron chi connectivity index (χ2n) is 4.82. The summed E-state index contributed by atoms with van der Waals surface area (Å²) in [5.41, 5.74) is 1.76. The van der Waals surface area contributed by atoms with E-state index in [0.717, 1.165) is 11.1 Å². The van der Waals surface area contributed by atoms with Gasteiger partial charge in [0.15, 0.2) is 5.52 Å². The maximum atomic E-state index is 12.2. The maximum absolute atomic E-state index is 12.2. The lowest BCUT2D eigenvalue weighted by atomic mass is 10.2. The highest BCUT2D eigenvalue weighted by Crippen LogP contribution is 2.22. The molecule has 0 unspecified atom stereocenters. The topological polar surface area (TPSA) is 71.8 Å². The molecule has 0 aliphatic heterocycles. The smallest absolute Gasteiger partial charge is 0.281 e. The van der Waals surface area contributed by atoms with E-state index < -0.39 is 0 Å². The van der Waals surface area contributed by atoms with E-state index in [1.54, 1.807) is 0 Å². The van der Waals surface area contributed by atoms with Crippen LogP contribution in [-0.2, 0) is 0 Å².